The Morgan fingerprint density at radius 2 is 1.41 bits per heavy atom. The van der Waals surface area contributed by atoms with Crippen molar-refractivity contribution in [2.75, 3.05) is 0 Å². The fourth-order valence-corrected chi connectivity index (χ4v) is 3.58. The van der Waals surface area contributed by atoms with Crippen molar-refractivity contribution >= 4 is 5.78 Å². The summed E-state index contributed by atoms with van der Waals surface area (Å²) in [6.07, 6.45) is 6.15. The molecule has 0 heterocycles. The van der Waals surface area contributed by atoms with Crippen molar-refractivity contribution in [2.45, 2.75) is 52.4 Å². The van der Waals surface area contributed by atoms with Crippen LogP contribution in [0.4, 0.5) is 4.39 Å². The van der Waals surface area contributed by atoms with Crippen molar-refractivity contribution in [1.29, 1.82) is 0 Å². The van der Waals surface area contributed by atoms with Gasteiger partial charge in [-0.25, -0.2) is 4.39 Å². The van der Waals surface area contributed by atoms with Crippen molar-refractivity contribution in [1.82, 2.24) is 0 Å². The summed E-state index contributed by atoms with van der Waals surface area (Å²) in [7, 11) is 0. The van der Waals surface area contributed by atoms with Crippen LogP contribution in [-0.4, -0.2) is 5.78 Å². The van der Waals surface area contributed by atoms with Crippen LogP contribution in [0.15, 0.2) is 66.7 Å². The summed E-state index contributed by atoms with van der Waals surface area (Å²) >= 11 is 0. The minimum atomic E-state index is -0.248. The van der Waals surface area contributed by atoms with Crippen molar-refractivity contribution in [2.24, 2.45) is 0 Å². The van der Waals surface area contributed by atoms with Gasteiger partial charge in [-0.1, -0.05) is 87.4 Å². The van der Waals surface area contributed by atoms with Gasteiger partial charge in [0.25, 0.3) is 0 Å². The number of benzene rings is 3. The first-order valence-corrected chi connectivity index (χ1v) is 10.6. The van der Waals surface area contributed by atoms with Gasteiger partial charge in [0.15, 0.2) is 5.78 Å². The molecule has 0 saturated heterocycles. The van der Waals surface area contributed by atoms with Crippen molar-refractivity contribution in [3.63, 3.8) is 0 Å². The van der Waals surface area contributed by atoms with Crippen molar-refractivity contribution < 1.29 is 9.18 Å². The highest BCUT2D eigenvalue weighted by Gasteiger charge is 2.10. The van der Waals surface area contributed by atoms with E-state index in [1.807, 2.05) is 31.2 Å². The van der Waals surface area contributed by atoms with Crippen LogP contribution < -0.4 is 0 Å². The maximum absolute atomic E-state index is 14.8. The lowest BCUT2D eigenvalue weighted by Crippen LogP contribution is -1.97. The van der Waals surface area contributed by atoms with Crippen LogP contribution in [0.5, 0.6) is 0 Å². The first-order chi connectivity index (χ1) is 14.1. The molecule has 3 aromatic rings. The molecule has 0 aromatic heterocycles. The molecular weight excluding hydrogens is 359 g/mol. The van der Waals surface area contributed by atoms with Gasteiger partial charge < -0.3 is 0 Å². The van der Waals surface area contributed by atoms with Crippen LogP contribution in [0.25, 0.3) is 22.3 Å². The van der Waals surface area contributed by atoms with Crippen LogP contribution in [0.3, 0.4) is 0 Å². The maximum atomic E-state index is 14.8. The van der Waals surface area contributed by atoms with E-state index in [0.717, 1.165) is 29.5 Å². The summed E-state index contributed by atoms with van der Waals surface area (Å²) < 4.78 is 14.8. The first kappa shape index (κ1) is 21.0. The topological polar surface area (TPSA) is 17.1 Å². The number of unbranched alkanes of at least 4 members (excludes halogenated alkanes) is 2. The molecule has 0 atom stereocenters. The van der Waals surface area contributed by atoms with Crippen molar-refractivity contribution in [3.05, 3.63) is 83.7 Å². The Morgan fingerprint density at radius 3 is 2.03 bits per heavy atom. The molecule has 0 saturated carbocycles. The third kappa shape index (κ3) is 5.41. The van der Waals surface area contributed by atoms with Gasteiger partial charge in [0, 0.05) is 17.5 Å². The third-order valence-electron chi connectivity index (χ3n) is 5.32. The minimum Gasteiger partial charge on any atom is -0.294 e. The predicted molar refractivity (Wildman–Crippen MR) is 120 cm³/mol. The van der Waals surface area contributed by atoms with Crippen LogP contribution in [0, 0.1) is 5.82 Å². The lowest BCUT2D eigenvalue weighted by Gasteiger charge is -2.09. The second kappa shape index (κ2) is 10.2. The number of rotatable bonds is 9. The van der Waals surface area contributed by atoms with Crippen LogP contribution in [0.1, 0.15) is 61.9 Å². The number of hydrogen-bond acceptors (Lipinski definition) is 1. The molecule has 0 aliphatic rings. The molecule has 3 rings (SSSR count). The molecule has 0 spiro atoms. The standard InChI is InChI=1S/C27H29FO/c1-3-5-6-8-20-9-11-21(12-10-20)24-17-18-25(26(28)19-24)22-13-15-23(16-14-22)27(29)7-4-2/h9-19H,3-8H2,1-2H3. The van der Waals surface area contributed by atoms with E-state index >= 15 is 0 Å². The summed E-state index contributed by atoms with van der Waals surface area (Å²) in [5, 5.41) is 0. The molecule has 3 aromatic carbocycles. The zero-order valence-electron chi connectivity index (χ0n) is 17.4. The Bertz CT molecular complexity index is 939. The molecule has 0 radical (unpaired) electrons. The summed E-state index contributed by atoms with van der Waals surface area (Å²) in [4.78, 5) is 12.0. The van der Waals surface area contributed by atoms with Gasteiger partial charge in [0.2, 0.25) is 0 Å². The lowest BCUT2D eigenvalue weighted by atomic mass is 9.97. The molecule has 2 heteroatoms. The normalized spacial score (nSPS) is 10.9. The van der Waals surface area contributed by atoms with Crippen molar-refractivity contribution in [3.8, 4) is 22.3 Å². The summed E-state index contributed by atoms with van der Waals surface area (Å²) in [6.45, 7) is 4.20. The van der Waals surface area contributed by atoms with Gasteiger partial charge in [-0.2, -0.15) is 0 Å². The molecule has 0 amide bonds. The molecule has 0 fully saturated rings. The maximum Gasteiger partial charge on any atom is 0.162 e. The molecule has 0 unspecified atom stereocenters. The van der Waals surface area contributed by atoms with E-state index in [1.54, 1.807) is 18.2 Å². The molecule has 0 bridgehead atoms. The van der Waals surface area contributed by atoms with E-state index in [1.165, 1.54) is 24.8 Å². The minimum absolute atomic E-state index is 0.132. The zero-order chi connectivity index (χ0) is 20.6. The van der Waals surface area contributed by atoms with Gasteiger partial charge in [-0.05, 0) is 47.6 Å². The fourth-order valence-electron chi connectivity index (χ4n) is 3.58. The Hall–Kier alpha value is -2.74. The average Bonchev–Trinajstić information content (AvgIpc) is 2.75. The van der Waals surface area contributed by atoms with Crippen LogP contribution in [0.2, 0.25) is 0 Å². The molecule has 0 aliphatic heterocycles. The smallest absolute Gasteiger partial charge is 0.162 e. The van der Waals surface area contributed by atoms with Gasteiger partial charge in [-0.3, -0.25) is 4.79 Å². The number of Topliss-reactive ketones (excluding diaryl/α,β-unsaturated/α-hetero) is 1. The predicted octanol–water partition coefficient (Wildman–Crippen LogP) is 7.88. The van der Waals surface area contributed by atoms with E-state index in [0.29, 0.717) is 17.5 Å². The molecular formula is C27H29FO. The second-order valence-electron chi connectivity index (χ2n) is 7.60. The van der Waals surface area contributed by atoms with E-state index in [4.69, 9.17) is 0 Å². The SMILES string of the molecule is CCCCCc1ccc(-c2ccc(-c3ccc(C(=O)CCC)cc3)c(F)c2)cc1. The quantitative estimate of drug-likeness (QED) is 0.269. The van der Waals surface area contributed by atoms with E-state index < -0.39 is 0 Å². The summed E-state index contributed by atoms with van der Waals surface area (Å²) in [5.41, 5.74) is 5.26. The molecule has 29 heavy (non-hydrogen) atoms. The number of aryl methyl sites for hydroxylation is 1. The lowest BCUT2D eigenvalue weighted by molar-refractivity contribution is 0.0982. The van der Waals surface area contributed by atoms with Gasteiger partial charge in [0.1, 0.15) is 5.82 Å². The number of ketones is 1. The number of halogens is 1. The summed E-state index contributed by atoms with van der Waals surface area (Å²) in [5.74, 6) is -0.116. The number of hydrogen-bond donors (Lipinski definition) is 0. The Balaban J connectivity index is 1.75. The first-order valence-electron chi connectivity index (χ1n) is 10.6. The second-order valence-corrected chi connectivity index (χ2v) is 7.60. The molecule has 0 N–H and O–H groups in total. The molecule has 1 nitrogen and oxygen atoms in total. The van der Waals surface area contributed by atoms with Gasteiger partial charge >= 0.3 is 0 Å². The number of carbonyl (C=O) groups excluding carboxylic acids is 1. The largest absolute Gasteiger partial charge is 0.294 e. The van der Waals surface area contributed by atoms with E-state index in [2.05, 4.69) is 31.2 Å². The number of carbonyl (C=O) groups is 1. The van der Waals surface area contributed by atoms with Gasteiger partial charge in [-0.15, -0.1) is 0 Å². The van der Waals surface area contributed by atoms with E-state index in [-0.39, 0.29) is 11.6 Å². The van der Waals surface area contributed by atoms with Gasteiger partial charge in [0.05, 0.1) is 0 Å². The highest BCUT2D eigenvalue weighted by atomic mass is 19.1. The third-order valence-corrected chi connectivity index (χ3v) is 5.32. The average molecular weight is 389 g/mol. The zero-order valence-corrected chi connectivity index (χ0v) is 17.4. The highest BCUT2D eigenvalue weighted by Crippen LogP contribution is 2.29. The highest BCUT2D eigenvalue weighted by molar-refractivity contribution is 5.96. The van der Waals surface area contributed by atoms with Crippen LogP contribution in [-0.2, 0) is 6.42 Å². The van der Waals surface area contributed by atoms with E-state index in [9.17, 15) is 9.18 Å². The Morgan fingerprint density at radius 1 is 0.759 bits per heavy atom. The molecule has 0 aliphatic carbocycles. The molecule has 150 valence electrons. The Kier molecular flexibility index (Phi) is 7.35. The Labute approximate surface area is 173 Å². The van der Waals surface area contributed by atoms with Crippen LogP contribution >= 0.6 is 0 Å². The monoisotopic (exact) mass is 388 g/mol. The fraction of sp³-hybridized carbons (Fsp3) is 0.296. The summed E-state index contributed by atoms with van der Waals surface area (Å²) in [6, 6.07) is 21.0.